The zero-order valence-corrected chi connectivity index (χ0v) is 15.5. The minimum Gasteiger partial charge on any atom is -0.486 e. The smallest absolute Gasteiger partial charge is 0.325 e. The minimum absolute atomic E-state index is 0.124. The number of rotatable bonds is 6. The number of thioether (sulfide) groups is 1. The fraction of sp³-hybridized carbons (Fsp3) is 0.389. The summed E-state index contributed by atoms with van der Waals surface area (Å²) in [5.74, 6) is 0.889. The summed E-state index contributed by atoms with van der Waals surface area (Å²) < 4.78 is 16.0. The van der Waals surface area contributed by atoms with Crippen LogP contribution >= 0.6 is 11.8 Å². The largest absolute Gasteiger partial charge is 0.486 e. The van der Waals surface area contributed by atoms with Gasteiger partial charge in [-0.1, -0.05) is 11.8 Å². The Kier molecular flexibility index (Phi) is 5.82. The van der Waals surface area contributed by atoms with Crippen molar-refractivity contribution in [2.75, 3.05) is 32.1 Å². The summed E-state index contributed by atoms with van der Waals surface area (Å²) in [6.45, 7) is 4.90. The molecule has 0 spiro atoms. The maximum atomic E-state index is 11.9. The summed E-state index contributed by atoms with van der Waals surface area (Å²) in [5.41, 5.74) is 1.76. The molecule has 0 bridgehead atoms. The average molecular weight is 376 g/mol. The van der Waals surface area contributed by atoms with Gasteiger partial charge in [-0.3, -0.25) is 9.59 Å². The zero-order valence-electron chi connectivity index (χ0n) is 14.7. The summed E-state index contributed by atoms with van der Waals surface area (Å²) in [6.07, 6.45) is 0. The van der Waals surface area contributed by atoms with Gasteiger partial charge in [-0.2, -0.15) is 0 Å². The van der Waals surface area contributed by atoms with Crippen molar-refractivity contribution in [3.05, 3.63) is 23.8 Å². The highest BCUT2D eigenvalue weighted by Crippen LogP contribution is 2.35. The van der Waals surface area contributed by atoms with Crippen LogP contribution in [0.1, 0.15) is 12.5 Å². The monoisotopic (exact) mass is 376 g/mol. The fourth-order valence-electron chi connectivity index (χ4n) is 2.51. The first-order valence-electron chi connectivity index (χ1n) is 8.33. The van der Waals surface area contributed by atoms with Crippen molar-refractivity contribution in [2.24, 2.45) is 0 Å². The minimum atomic E-state index is -0.446. The van der Waals surface area contributed by atoms with Crippen molar-refractivity contribution in [2.45, 2.75) is 18.9 Å². The molecule has 0 saturated carbocycles. The van der Waals surface area contributed by atoms with Gasteiger partial charge in [0.25, 0.3) is 0 Å². The van der Waals surface area contributed by atoms with Gasteiger partial charge in [0.05, 0.1) is 17.9 Å². The molecule has 0 atom stereocenters. The molecule has 0 aliphatic carbocycles. The third-order valence-electron chi connectivity index (χ3n) is 3.70. The molecular weight excluding hydrogens is 356 g/mol. The van der Waals surface area contributed by atoms with Crippen LogP contribution in [0.5, 0.6) is 11.5 Å². The van der Waals surface area contributed by atoms with E-state index in [2.05, 4.69) is 10.3 Å². The Morgan fingerprint density at radius 3 is 2.69 bits per heavy atom. The van der Waals surface area contributed by atoms with Crippen LogP contribution in [0.2, 0.25) is 0 Å². The number of benzene rings is 1. The maximum absolute atomic E-state index is 11.9. The Bertz CT molecular complexity index is 840. The quantitative estimate of drug-likeness (QED) is 0.610. The number of fused-ring (bicyclic) bond motifs is 2. The Morgan fingerprint density at radius 1 is 1.23 bits per heavy atom. The van der Waals surface area contributed by atoms with Crippen LogP contribution in [-0.2, 0) is 14.3 Å². The fourth-order valence-corrected chi connectivity index (χ4v) is 3.33. The van der Waals surface area contributed by atoms with Crippen molar-refractivity contribution in [3.63, 3.8) is 0 Å². The third-order valence-corrected chi connectivity index (χ3v) is 4.79. The lowest BCUT2D eigenvalue weighted by atomic mass is 10.1. The summed E-state index contributed by atoms with van der Waals surface area (Å²) in [7, 11) is 0. The van der Waals surface area contributed by atoms with E-state index in [1.807, 2.05) is 25.1 Å². The molecule has 0 radical (unpaired) electrons. The van der Waals surface area contributed by atoms with Crippen LogP contribution < -0.4 is 14.8 Å². The molecular formula is C18H20N2O5S. The van der Waals surface area contributed by atoms with E-state index in [1.165, 1.54) is 11.8 Å². The number of amides is 1. The molecule has 7 nitrogen and oxygen atoms in total. The molecule has 1 aliphatic rings. The van der Waals surface area contributed by atoms with Crippen LogP contribution in [-0.4, -0.2) is 49.0 Å². The van der Waals surface area contributed by atoms with E-state index in [-0.39, 0.29) is 18.2 Å². The lowest BCUT2D eigenvalue weighted by molar-refractivity contribution is -0.143. The molecule has 1 aromatic carbocycles. The summed E-state index contributed by atoms with van der Waals surface area (Å²) in [6, 6.07) is 5.79. The topological polar surface area (TPSA) is 86.8 Å². The number of pyridine rings is 1. The first-order valence-corrected chi connectivity index (χ1v) is 9.31. The van der Waals surface area contributed by atoms with E-state index < -0.39 is 5.97 Å². The first-order chi connectivity index (χ1) is 12.6. The third kappa shape index (κ3) is 4.37. The van der Waals surface area contributed by atoms with E-state index in [4.69, 9.17) is 14.2 Å². The number of esters is 1. The Balaban J connectivity index is 1.67. The van der Waals surface area contributed by atoms with Crippen LogP contribution in [0.3, 0.4) is 0 Å². The van der Waals surface area contributed by atoms with Crippen LogP contribution in [0, 0.1) is 6.92 Å². The Labute approximate surface area is 155 Å². The van der Waals surface area contributed by atoms with Gasteiger partial charge < -0.3 is 19.5 Å². The molecule has 0 fully saturated rings. The number of hydrogen-bond donors (Lipinski definition) is 1. The predicted octanol–water partition coefficient (Wildman–Crippen LogP) is 2.09. The molecule has 8 heteroatoms. The summed E-state index contributed by atoms with van der Waals surface area (Å²) in [4.78, 5) is 27.8. The lowest BCUT2D eigenvalue weighted by Crippen LogP contribution is -2.31. The van der Waals surface area contributed by atoms with Gasteiger partial charge in [0, 0.05) is 11.5 Å². The lowest BCUT2D eigenvalue weighted by Gasteiger charge is -2.19. The number of carbonyl (C=O) groups excluding carboxylic acids is 2. The highest BCUT2D eigenvalue weighted by Gasteiger charge is 2.15. The molecule has 2 aromatic rings. The molecule has 26 heavy (non-hydrogen) atoms. The Hall–Kier alpha value is -2.48. The predicted molar refractivity (Wildman–Crippen MR) is 97.8 cm³/mol. The van der Waals surface area contributed by atoms with Crippen molar-refractivity contribution in [1.29, 1.82) is 0 Å². The van der Waals surface area contributed by atoms with Gasteiger partial charge in [0.1, 0.15) is 24.8 Å². The number of nitrogens with one attached hydrogen (secondary N) is 1. The van der Waals surface area contributed by atoms with Gasteiger partial charge in [-0.15, -0.1) is 0 Å². The van der Waals surface area contributed by atoms with E-state index >= 15 is 0 Å². The molecule has 1 aliphatic heterocycles. The van der Waals surface area contributed by atoms with Crippen molar-refractivity contribution >= 4 is 34.5 Å². The number of aromatic nitrogens is 1. The van der Waals surface area contributed by atoms with E-state index in [1.54, 1.807) is 6.92 Å². The van der Waals surface area contributed by atoms with E-state index in [0.29, 0.717) is 25.6 Å². The molecule has 0 saturated heterocycles. The average Bonchev–Trinajstić information content (AvgIpc) is 2.63. The van der Waals surface area contributed by atoms with Crippen LogP contribution in [0.25, 0.3) is 10.9 Å². The first kappa shape index (κ1) is 18.3. The second kappa shape index (κ2) is 8.27. The molecule has 2 heterocycles. The second-order valence-corrected chi connectivity index (χ2v) is 6.63. The van der Waals surface area contributed by atoms with Gasteiger partial charge in [0.2, 0.25) is 5.91 Å². The van der Waals surface area contributed by atoms with Gasteiger partial charge >= 0.3 is 5.97 Å². The highest BCUT2D eigenvalue weighted by atomic mass is 32.2. The van der Waals surface area contributed by atoms with Crippen LogP contribution in [0.4, 0.5) is 0 Å². The van der Waals surface area contributed by atoms with E-state index in [0.717, 1.165) is 27.2 Å². The molecule has 3 rings (SSSR count). The second-order valence-electron chi connectivity index (χ2n) is 5.67. The molecule has 1 amide bonds. The Morgan fingerprint density at radius 2 is 1.96 bits per heavy atom. The molecule has 1 N–H and O–H groups in total. The highest BCUT2D eigenvalue weighted by molar-refractivity contribution is 7.99. The standard InChI is InChI=1S/C18H20N2O5S/c1-3-23-17(22)9-19-16(21)10-26-18-11(2)6-12-7-14-15(8-13(12)20-18)25-5-4-24-14/h6-8H,3-5,9-10H2,1-2H3,(H,19,21). The van der Waals surface area contributed by atoms with Gasteiger partial charge in [-0.25, -0.2) is 4.98 Å². The van der Waals surface area contributed by atoms with Gasteiger partial charge in [0.15, 0.2) is 11.5 Å². The number of carbonyl (C=O) groups is 2. The number of aryl methyl sites for hydroxylation is 1. The van der Waals surface area contributed by atoms with Gasteiger partial charge in [-0.05, 0) is 31.5 Å². The number of ether oxygens (including phenoxy) is 3. The zero-order chi connectivity index (χ0) is 18.5. The number of nitrogens with zero attached hydrogens (tertiary/aromatic N) is 1. The molecule has 0 unspecified atom stereocenters. The van der Waals surface area contributed by atoms with Crippen LogP contribution in [0.15, 0.2) is 23.2 Å². The maximum Gasteiger partial charge on any atom is 0.325 e. The van der Waals surface area contributed by atoms with Crippen molar-refractivity contribution < 1.29 is 23.8 Å². The van der Waals surface area contributed by atoms with Crippen molar-refractivity contribution in [1.82, 2.24) is 10.3 Å². The summed E-state index contributed by atoms with van der Waals surface area (Å²) >= 11 is 1.33. The molecule has 138 valence electrons. The molecule has 1 aromatic heterocycles. The number of hydrogen-bond acceptors (Lipinski definition) is 7. The SMILES string of the molecule is CCOC(=O)CNC(=O)CSc1nc2cc3c(cc2cc1C)OCCO3. The van der Waals surface area contributed by atoms with Crippen molar-refractivity contribution in [3.8, 4) is 11.5 Å². The van der Waals surface area contributed by atoms with E-state index in [9.17, 15) is 9.59 Å². The summed E-state index contributed by atoms with van der Waals surface area (Å²) in [5, 5.41) is 4.26. The normalized spacial score (nSPS) is 12.7.